The fourth-order valence-corrected chi connectivity index (χ4v) is 1.82. The molecule has 0 spiro atoms. The molecule has 17 heavy (non-hydrogen) atoms. The van der Waals surface area contributed by atoms with E-state index < -0.39 is 0 Å². The summed E-state index contributed by atoms with van der Waals surface area (Å²) < 4.78 is 2.30. The molecule has 5 nitrogen and oxygen atoms in total. The molecule has 1 aromatic heterocycles. The van der Waals surface area contributed by atoms with Gasteiger partial charge in [-0.25, -0.2) is 0 Å². The lowest BCUT2D eigenvalue weighted by atomic mass is 10.1. The molecule has 2 N–H and O–H groups in total. The maximum Gasteiger partial charge on any atom is 0.168 e. The first-order valence-corrected chi connectivity index (χ1v) is 5.79. The van der Waals surface area contributed by atoms with Gasteiger partial charge in [0, 0.05) is 29.0 Å². The zero-order valence-corrected chi connectivity index (χ0v) is 10.8. The summed E-state index contributed by atoms with van der Waals surface area (Å²) in [5.41, 5.74) is 7.54. The summed E-state index contributed by atoms with van der Waals surface area (Å²) >= 11 is 3.29. The molecule has 0 saturated heterocycles. The first-order valence-electron chi connectivity index (χ1n) is 4.99. The van der Waals surface area contributed by atoms with E-state index in [0.29, 0.717) is 16.9 Å². The number of carbonyl (C=O) groups is 1. The van der Waals surface area contributed by atoms with Crippen molar-refractivity contribution >= 4 is 27.4 Å². The van der Waals surface area contributed by atoms with Gasteiger partial charge < -0.3 is 5.73 Å². The summed E-state index contributed by atoms with van der Waals surface area (Å²) in [6.07, 6.45) is 1.97. The number of aromatic nitrogens is 3. The van der Waals surface area contributed by atoms with Crippen LogP contribution in [-0.4, -0.2) is 20.8 Å². The second-order valence-electron chi connectivity index (χ2n) is 3.72. The number of nitrogens with two attached hydrogens (primary N) is 1. The van der Waals surface area contributed by atoms with E-state index in [1.54, 1.807) is 36.1 Å². The predicted molar refractivity (Wildman–Crippen MR) is 67.6 cm³/mol. The number of Topliss-reactive ketones (excluding diaryl/α,β-unsaturated/α-hetero) is 1. The number of rotatable bonds is 3. The Hall–Kier alpha value is -1.69. The zero-order valence-electron chi connectivity index (χ0n) is 9.22. The van der Waals surface area contributed by atoms with Gasteiger partial charge in [-0.1, -0.05) is 5.21 Å². The Labute approximate surface area is 107 Å². The summed E-state index contributed by atoms with van der Waals surface area (Å²) in [5, 5.41) is 7.66. The molecule has 0 unspecified atom stereocenters. The van der Waals surface area contributed by atoms with Crippen LogP contribution >= 0.6 is 15.9 Å². The fourth-order valence-electron chi connectivity index (χ4n) is 1.44. The Morgan fingerprint density at radius 3 is 2.88 bits per heavy atom. The highest BCUT2D eigenvalue weighted by Gasteiger charge is 2.10. The normalized spacial score (nSPS) is 10.5. The molecule has 2 rings (SSSR count). The van der Waals surface area contributed by atoms with Crippen molar-refractivity contribution in [2.24, 2.45) is 7.05 Å². The lowest BCUT2D eigenvalue weighted by Crippen LogP contribution is -2.04. The van der Waals surface area contributed by atoms with Crippen LogP contribution in [0.3, 0.4) is 0 Å². The van der Waals surface area contributed by atoms with E-state index in [1.165, 1.54) is 0 Å². The van der Waals surface area contributed by atoms with Crippen molar-refractivity contribution in [2.75, 3.05) is 5.73 Å². The highest BCUT2D eigenvalue weighted by molar-refractivity contribution is 9.10. The van der Waals surface area contributed by atoms with Gasteiger partial charge in [-0.15, -0.1) is 5.10 Å². The van der Waals surface area contributed by atoms with Crippen molar-refractivity contribution in [1.29, 1.82) is 0 Å². The van der Waals surface area contributed by atoms with Gasteiger partial charge in [-0.2, -0.15) is 0 Å². The number of nitrogens with zero attached hydrogens (tertiary/aromatic N) is 3. The number of benzene rings is 1. The topological polar surface area (TPSA) is 73.8 Å². The molecule has 0 aliphatic rings. The average Bonchev–Trinajstić information content (AvgIpc) is 2.68. The minimum Gasteiger partial charge on any atom is -0.398 e. The number of ketones is 1. The van der Waals surface area contributed by atoms with Gasteiger partial charge >= 0.3 is 0 Å². The van der Waals surface area contributed by atoms with Gasteiger partial charge in [0.2, 0.25) is 0 Å². The molecule has 2 aromatic rings. The van der Waals surface area contributed by atoms with Gasteiger partial charge in [-0.05, 0) is 34.1 Å². The smallest absolute Gasteiger partial charge is 0.168 e. The van der Waals surface area contributed by atoms with Crippen LogP contribution in [0.2, 0.25) is 0 Å². The number of anilines is 1. The van der Waals surface area contributed by atoms with E-state index in [9.17, 15) is 4.79 Å². The largest absolute Gasteiger partial charge is 0.398 e. The van der Waals surface area contributed by atoms with Crippen LogP contribution in [0.4, 0.5) is 5.69 Å². The molecule has 0 aliphatic carbocycles. The fraction of sp³-hybridized carbons (Fsp3) is 0.182. The number of aryl methyl sites for hydroxylation is 1. The molecule has 0 amide bonds. The van der Waals surface area contributed by atoms with Gasteiger partial charge in [0.05, 0.1) is 12.1 Å². The van der Waals surface area contributed by atoms with Gasteiger partial charge in [0.15, 0.2) is 5.78 Å². The van der Waals surface area contributed by atoms with Gasteiger partial charge in [0.1, 0.15) is 0 Å². The Kier molecular flexibility index (Phi) is 3.23. The Morgan fingerprint density at radius 1 is 1.53 bits per heavy atom. The molecule has 0 bridgehead atoms. The minimum absolute atomic E-state index is 0.00815. The van der Waals surface area contributed by atoms with Crippen molar-refractivity contribution in [3.63, 3.8) is 0 Å². The quantitative estimate of drug-likeness (QED) is 0.689. The molecule has 0 radical (unpaired) electrons. The number of hydrogen-bond acceptors (Lipinski definition) is 4. The molecule has 1 heterocycles. The summed E-state index contributed by atoms with van der Waals surface area (Å²) in [6.45, 7) is 0. The molecule has 0 aliphatic heterocycles. The summed E-state index contributed by atoms with van der Waals surface area (Å²) in [6, 6.07) is 5.13. The second-order valence-corrected chi connectivity index (χ2v) is 4.57. The molecule has 0 saturated carbocycles. The van der Waals surface area contributed by atoms with Crippen molar-refractivity contribution in [3.8, 4) is 0 Å². The van der Waals surface area contributed by atoms with E-state index in [4.69, 9.17) is 5.73 Å². The maximum absolute atomic E-state index is 11.9. The predicted octanol–water partition coefficient (Wildman–Crippen LogP) is 1.59. The van der Waals surface area contributed by atoms with E-state index in [2.05, 4.69) is 26.2 Å². The third kappa shape index (κ3) is 2.71. The van der Waals surface area contributed by atoms with Crippen molar-refractivity contribution in [3.05, 3.63) is 40.1 Å². The second kappa shape index (κ2) is 4.67. The number of hydrogen-bond donors (Lipinski definition) is 1. The highest BCUT2D eigenvalue weighted by Crippen LogP contribution is 2.21. The Morgan fingerprint density at radius 2 is 2.29 bits per heavy atom. The van der Waals surface area contributed by atoms with Crippen molar-refractivity contribution < 1.29 is 4.79 Å². The number of carbonyl (C=O) groups excluding carboxylic acids is 1. The summed E-state index contributed by atoms with van der Waals surface area (Å²) in [4.78, 5) is 11.9. The first-order chi connectivity index (χ1) is 8.06. The minimum atomic E-state index is -0.00815. The molecule has 6 heteroatoms. The summed E-state index contributed by atoms with van der Waals surface area (Å²) in [7, 11) is 1.76. The average molecular weight is 295 g/mol. The standard InChI is InChI=1S/C11H11BrN4O/c1-16-6-8(14-15-16)5-11(17)7-2-3-10(13)9(12)4-7/h2-4,6H,5,13H2,1H3. The van der Waals surface area contributed by atoms with Crippen LogP contribution in [0, 0.1) is 0 Å². The molecule has 0 fully saturated rings. The van der Waals surface area contributed by atoms with E-state index in [-0.39, 0.29) is 12.2 Å². The van der Waals surface area contributed by atoms with Crippen LogP contribution in [-0.2, 0) is 13.5 Å². The first kappa shape index (κ1) is 11.8. The molecule has 0 atom stereocenters. The van der Waals surface area contributed by atoms with Gasteiger partial charge in [-0.3, -0.25) is 9.48 Å². The molecule has 88 valence electrons. The highest BCUT2D eigenvalue weighted by atomic mass is 79.9. The SMILES string of the molecule is Cn1cc(CC(=O)c2ccc(N)c(Br)c2)nn1. The van der Waals surface area contributed by atoms with Crippen LogP contribution in [0.5, 0.6) is 0 Å². The van der Waals surface area contributed by atoms with Crippen molar-refractivity contribution in [1.82, 2.24) is 15.0 Å². The maximum atomic E-state index is 11.9. The molecular formula is C11H11BrN4O. The van der Waals surface area contributed by atoms with Crippen LogP contribution in [0.1, 0.15) is 16.1 Å². The molecular weight excluding hydrogens is 284 g/mol. The van der Waals surface area contributed by atoms with E-state index in [1.807, 2.05) is 0 Å². The summed E-state index contributed by atoms with van der Waals surface area (Å²) in [5.74, 6) is -0.00815. The zero-order chi connectivity index (χ0) is 12.4. The van der Waals surface area contributed by atoms with E-state index in [0.717, 1.165) is 4.47 Å². The van der Waals surface area contributed by atoms with E-state index >= 15 is 0 Å². The molecule has 1 aromatic carbocycles. The lowest BCUT2D eigenvalue weighted by Gasteiger charge is -2.02. The lowest BCUT2D eigenvalue weighted by molar-refractivity contribution is 0.0992. The third-order valence-electron chi connectivity index (χ3n) is 2.31. The Bertz CT molecular complexity index is 564. The number of nitrogen functional groups attached to an aromatic ring is 1. The van der Waals surface area contributed by atoms with Crippen LogP contribution in [0.25, 0.3) is 0 Å². The van der Waals surface area contributed by atoms with Crippen molar-refractivity contribution in [2.45, 2.75) is 6.42 Å². The third-order valence-corrected chi connectivity index (χ3v) is 3.00. The monoisotopic (exact) mass is 294 g/mol. The van der Waals surface area contributed by atoms with Crippen LogP contribution < -0.4 is 5.73 Å². The number of halogens is 1. The van der Waals surface area contributed by atoms with Crippen LogP contribution in [0.15, 0.2) is 28.9 Å². The van der Waals surface area contributed by atoms with Gasteiger partial charge in [0.25, 0.3) is 0 Å². The Balaban J connectivity index is 2.17.